The highest BCUT2D eigenvalue weighted by atomic mass is 15.2. The molecule has 4 aromatic rings. The van der Waals surface area contributed by atoms with Gasteiger partial charge in [0.25, 0.3) is 0 Å². The van der Waals surface area contributed by atoms with Crippen LogP contribution in [-0.4, -0.2) is 49.7 Å². The summed E-state index contributed by atoms with van der Waals surface area (Å²) in [5, 5.41) is 8.89. The molecule has 7 heteroatoms. The second kappa shape index (κ2) is 10.7. The van der Waals surface area contributed by atoms with Gasteiger partial charge >= 0.3 is 0 Å². The highest BCUT2D eigenvalue weighted by Gasteiger charge is 2.24. The molecular weight excluding hydrogens is 482 g/mol. The minimum absolute atomic E-state index is 0.253. The van der Waals surface area contributed by atoms with E-state index in [0.717, 1.165) is 46.6 Å². The van der Waals surface area contributed by atoms with E-state index in [4.69, 9.17) is 11.1 Å². The van der Waals surface area contributed by atoms with Crippen LogP contribution in [0, 0.1) is 19.3 Å². The molecule has 2 aliphatic rings. The number of nitrogen functional groups attached to an aromatic ring is 1. The number of nitrogens with one attached hydrogen (secondary N) is 1. The first kappa shape index (κ1) is 25.3. The summed E-state index contributed by atoms with van der Waals surface area (Å²) in [7, 11) is 0. The van der Waals surface area contributed by atoms with Crippen molar-refractivity contribution in [1.82, 2.24) is 24.8 Å². The normalized spacial score (nSPS) is 17.5. The van der Waals surface area contributed by atoms with Crippen LogP contribution in [0.2, 0.25) is 0 Å². The van der Waals surface area contributed by atoms with Crippen molar-refractivity contribution in [2.24, 2.45) is 0 Å². The van der Waals surface area contributed by atoms with E-state index in [9.17, 15) is 0 Å². The summed E-state index contributed by atoms with van der Waals surface area (Å²) in [5.74, 6) is 0.332. The Hall–Kier alpha value is -3.97. The Morgan fingerprint density at radius 3 is 2.33 bits per heavy atom. The van der Waals surface area contributed by atoms with E-state index >= 15 is 0 Å². The number of nitrogens with zero attached hydrogens (tertiary/aromatic N) is 5. The lowest BCUT2D eigenvalue weighted by Gasteiger charge is -2.26. The van der Waals surface area contributed by atoms with Crippen molar-refractivity contribution in [2.45, 2.75) is 58.4 Å². The zero-order chi connectivity index (χ0) is 26.9. The zero-order valence-corrected chi connectivity index (χ0v) is 22.7. The summed E-state index contributed by atoms with van der Waals surface area (Å²) >= 11 is 0. The van der Waals surface area contributed by atoms with Gasteiger partial charge in [0.05, 0.1) is 28.5 Å². The van der Waals surface area contributed by atoms with Crippen LogP contribution < -0.4 is 5.73 Å². The topological polar surface area (TPSA) is 105 Å². The lowest BCUT2D eigenvalue weighted by Crippen LogP contribution is -2.32. The number of fused-ring (bicyclic) bond motifs is 1. The number of benzene rings is 1. The third-order valence-electron chi connectivity index (χ3n) is 8.24. The van der Waals surface area contributed by atoms with Gasteiger partial charge in [-0.05, 0) is 100 Å². The molecule has 1 fully saturated rings. The number of hydrogen-bond donors (Lipinski definition) is 2. The molecule has 39 heavy (non-hydrogen) atoms. The third-order valence-corrected chi connectivity index (χ3v) is 8.24. The molecule has 3 N–H and O–H groups in total. The minimum Gasteiger partial charge on any atom is -0.383 e. The second-order valence-corrected chi connectivity index (χ2v) is 10.9. The van der Waals surface area contributed by atoms with Crippen molar-refractivity contribution < 1.29 is 0 Å². The number of aryl methyl sites for hydroxylation is 4. The maximum atomic E-state index is 8.89. The van der Waals surface area contributed by atoms with Gasteiger partial charge in [0.1, 0.15) is 5.82 Å². The van der Waals surface area contributed by atoms with Crippen molar-refractivity contribution in [2.75, 3.05) is 18.8 Å². The Kier molecular flexibility index (Phi) is 6.92. The van der Waals surface area contributed by atoms with Crippen molar-refractivity contribution in [3.63, 3.8) is 0 Å². The summed E-state index contributed by atoms with van der Waals surface area (Å²) in [6.07, 6.45) is 12.7. The molecule has 1 aliphatic heterocycles. The van der Waals surface area contributed by atoms with E-state index in [1.54, 1.807) is 12.4 Å². The maximum Gasteiger partial charge on any atom is 0.132 e. The summed E-state index contributed by atoms with van der Waals surface area (Å²) < 4.78 is 0. The van der Waals surface area contributed by atoms with Gasteiger partial charge < -0.3 is 10.6 Å². The number of pyridine rings is 2. The fraction of sp³-hybridized carbons (Fsp3) is 0.344. The molecule has 198 valence electrons. The summed E-state index contributed by atoms with van der Waals surface area (Å²) in [5.41, 5.74) is 16.0. The Labute approximate surface area is 230 Å². The molecule has 0 amide bonds. The van der Waals surface area contributed by atoms with Gasteiger partial charge in [0.2, 0.25) is 0 Å². The summed E-state index contributed by atoms with van der Waals surface area (Å²) in [6.45, 7) is 6.39. The average Bonchev–Trinajstić information content (AvgIpc) is 3.40. The van der Waals surface area contributed by atoms with Crippen LogP contribution in [0.25, 0.3) is 22.4 Å². The number of aromatic nitrogens is 4. The van der Waals surface area contributed by atoms with Gasteiger partial charge in [-0.15, -0.1) is 0 Å². The molecule has 6 rings (SSSR count). The number of likely N-dealkylation sites (tertiary alicyclic amines) is 1. The molecule has 1 saturated heterocycles. The van der Waals surface area contributed by atoms with Crippen LogP contribution in [0.3, 0.4) is 0 Å². The molecule has 0 radical (unpaired) electrons. The fourth-order valence-electron chi connectivity index (χ4n) is 6.08. The van der Waals surface area contributed by atoms with Crippen LogP contribution in [0.5, 0.6) is 0 Å². The van der Waals surface area contributed by atoms with Crippen molar-refractivity contribution in [1.29, 1.82) is 5.41 Å². The Morgan fingerprint density at radius 1 is 0.846 bits per heavy atom. The predicted octanol–water partition coefficient (Wildman–Crippen LogP) is 5.56. The quantitative estimate of drug-likeness (QED) is 0.265. The van der Waals surface area contributed by atoms with Crippen LogP contribution in [0.15, 0.2) is 55.0 Å². The molecule has 7 nitrogen and oxygen atoms in total. The van der Waals surface area contributed by atoms with Gasteiger partial charge in [-0.2, -0.15) is 0 Å². The largest absolute Gasteiger partial charge is 0.383 e. The molecule has 3 aromatic heterocycles. The van der Waals surface area contributed by atoms with Crippen molar-refractivity contribution in [3.05, 3.63) is 88.8 Å². The SMILES string of the molecule is Cc1cnc(-c2ccc(C(=N)c3cc(-c4ccc5c(c4)CCC(N4CCCC4)CC5)cnc3N)nc2)c(C)n1. The van der Waals surface area contributed by atoms with Gasteiger partial charge in [-0.1, -0.05) is 18.2 Å². The third kappa shape index (κ3) is 5.19. The summed E-state index contributed by atoms with van der Waals surface area (Å²) in [4.78, 5) is 20.7. The van der Waals surface area contributed by atoms with Crippen LogP contribution in [-0.2, 0) is 12.8 Å². The first-order valence-electron chi connectivity index (χ1n) is 13.9. The Morgan fingerprint density at radius 2 is 1.59 bits per heavy atom. The van der Waals surface area contributed by atoms with E-state index in [-0.39, 0.29) is 5.71 Å². The van der Waals surface area contributed by atoms with E-state index in [0.29, 0.717) is 23.1 Å². The van der Waals surface area contributed by atoms with Crippen molar-refractivity contribution >= 4 is 11.5 Å². The zero-order valence-electron chi connectivity index (χ0n) is 22.7. The van der Waals surface area contributed by atoms with Crippen molar-refractivity contribution in [3.8, 4) is 22.4 Å². The molecule has 1 aliphatic carbocycles. The fourth-order valence-corrected chi connectivity index (χ4v) is 6.08. The average molecular weight is 518 g/mol. The van der Waals surface area contributed by atoms with Gasteiger partial charge in [-0.3, -0.25) is 20.4 Å². The molecule has 1 atom stereocenters. The number of anilines is 1. The van der Waals surface area contributed by atoms with Crippen LogP contribution >= 0.6 is 0 Å². The first-order valence-corrected chi connectivity index (χ1v) is 13.9. The van der Waals surface area contributed by atoms with E-state index in [1.165, 1.54) is 49.9 Å². The predicted molar refractivity (Wildman–Crippen MR) is 156 cm³/mol. The Bertz CT molecular complexity index is 1520. The second-order valence-electron chi connectivity index (χ2n) is 10.9. The number of nitrogens with two attached hydrogens (primary N) is 1. The monoisotopic (exact) mass is 517 g/mol. The lowest BCUT2D eigenvalue weighted by molar-refractivity contribution is 0.222. The first-order chi connectivity index (χ1) is 19.0. The highest BCUT2D eigenvalue weighted by Crippen LogP contribution is 2.31. The van der Waals surface area contributed by atoms with Crippen LogP contribution in [0.1, 0.15) is 59.5 Å². The maximum absolute atomic E-state index is 8.89. The molecule has 1 unspecified atom stereocenters. The lowest BCUT2D eigenvalue weighted by atomic mass is 9.96. The molecule has 0 bridgehead atoms. The minimum atomic E-state index is 0.253. The molecular formula is C32H35N7. The van der Waals surface area contributed by atoms with Crippen LogP contribution in [0.4, 0.5) is 5.82 Å². The molecule has 0 saturated carbocycles. The summed E-state index contributed by atoms with van der Waals surface area (Å²) in [6, 6.07) is 13.2. The van der Waals surface area contributed by atoms with Gasteiger partial charge in [0.15, 0.2) is 0 Å². The van der Waals surface area contributed by atoms with E-state index in [2.05, 4.69) is 43.0 Å². The standard InChI is InChI=1S/C32H35N7/c1-20-17-36-31(21(2)38-20)25-9-12-29(35-18-25)30(33)28-16-26(19-37-32(28)34)24-6-5-22-7-10-27(11-8-23(22)15-24)39-13-3-4-14-39/h5-6,9,12,15-19,27,33H,3-4,7-8,10-11,13-14H2,1-2H3,(H2,34,37). The highest BCUT2D eigenvalue weighted by molar-refractivity contribution is 6.12. The van der Waals surface area contributed by atoms with Gasteiger partial charge in [-0.25, -0.2) is 4.98 Å². The Balaban J connectivity index is 1.23. The van der Waals surface area contributed by atoms with E-state index in [1.807, 2.05) is 38.2 Å². The number of hydrogen-bond acceptors (Lipinski definition) is 7. The van der Waals surface area contributed by atoms with E-state index < -0.39 is 0 Å². The van der Waals surface area contributed by atoms with Gasteiger partial charge in [0, 0.05) is 41.3 Å². The number of rotatable bonds is 5. The smallest absolute Gasteiger partial charge is 0.132 e. The molecule has 0 spiro atoms. The molecule has 1 aromatic carbocycles. The molecule has 4 heterocycles.